The van der Waals surface area contributed by atoms with Gasteiger partial charge in [0.2, 0.25) is 0 Å². The fourth-order valence-corrected chi connectivity index (χ4v) is 4.31. The number of aromatic nitrogens is 3. The first kappa shape index (κ1) is 27.3. The van der Waals surface area contributed by atoms with Gasteiger partial charge in [0.25, 0.3) is 5.56 Å². The molecule has 4 N–H and O–H groups in total. The summed E-state index contributed by atoms with van der Waals surface area (Å²) in [7, 11) is 3.13. The Morgan fingerprint density at radius 3 is 2.15 bits per heavy atom. The Hall–Kier alpha value is -5.28. The fourth-order valence-electron chi connectivity index (χ4n) is 4.19. The van der Waals surface area contributed by atoms with Crippen LogP contribution >= 0.6 is 11.6 Å². The number of hydrogen-bond acceptors (Lipinski definition) is 6. The molecule has 3 aromatic carbocycles. The number of hydrogen-bond donors (Lipinski definition) is 3. The molecule has 9 nitrogen and oxygen atoms in total. The largest absolute Gasteiger partial charge is 0.384 e. The van der Waals surface area contributed by atoms with Gasteiger partial charge in [-0.25, -0.2) is 14.8 Å². The minimum absolute atomic E-state index is 0.00849. The summed E-state index contributed by atoms with van der Waals surface area (Å²) >= 11 is 6.14. The summed E-state index contributed by atoms with van der Waals surface area (Å²) in [5.74, 6) is 0.717. The van der Waals surface area contributed by atoms with Crippen molar-refractivity contribution >= 4 is 34.8 Å². The van der Waals surface area contributed by atoms with Gasteiger partial charge >= 0.3 is 6.03 Å². The number of rotatable bonds is 6. The fraction of sp³-hybridized carbons (Fsp3) is 0.0645. The van der Waals surface area contributed by atoms with E-state index in [4.69, 9.17) is 27.7 Å². The van der Waals surface area contributed by atoms with Gasteiger partial charge in [0, 0.05) is 42.0 Å². The number of pyridine rings is 1. The van der Waals surface area contributed by atoms with Crippen molar-refractivity contribution in [3.63, 3.8) is 0 Å². The van der Waals surface area contributed by atoms with E-state index in [1.165, 1.54) is 9.47 Å². The highest BCUT2D eigenvalue weighted by Crippen LogP contribution is 2.28. The van der Waals surface area contributed by atoms with Gasteiger partial charge in [-0.1, -0.05) is 66.2 Å². The van der Waals surface area contributed by atoms with Gasteiger partial charge in [-0.2, -0.15) is 0 Å². The highest BCUT2D eigenvalue weighted by atomic mass is 35.5. The Bertz CT molecular complexity index is 1780. The van der Waals surface area contributed by atoms with Crippen LogP contribution in [-0.4, -0.2) is 45.3 Å². The standard InChI is InChI=1S/C31H26ClN7O2/c1-38(2)31(41)37-28-27(26(34)20-6-4-3-5-7-20)36-29(39(30(28)40)24-15-13-23(32)14-16-24)21-10-8-19(9-11-21)22-12-17-25(33)35-18-22/h3-18,34H,1-2H3,(H2,33,35)(H,37,41). The van der Waals surface area contributed by atoms with Crippen LogP contribution in [0.25, 0.3) is 28.2 Å². The summed E-state index contributed by atoms with van der Waals surface area (Å²) in [6.45, 7) is 0. The molecule has 0 aliphatic carbocycles. The minimum atomic E-state index is -0.546. The number of nitrogen functional groups attached to an aromatic ring is 1. The molecule has 0 atom stereocenters. The van der Waals surface area contributed by atoms with Gasteiger partial charge in [-0.15, -0.1) is 0 Å². The third-order valence-electron chi connectivity index (χ3n) is 6.37. The molecule has 10 heteroatoms. The van der Waals surface area contributed by atoms with E-state index in [2.05, 4.69) is 10.3 Å². The molecule has 0 aliphatic heterocycles. The Morgan fingerprint density at radius 2 is 1.54 bits per heavy atom. The summed E-state index contributed by atoms with van der Waals surface area (Å²) in [5, 5.41) is 12.1. The van der Waals surface area contributed by atoms with Crippen molar-refractivity contribution in [2.75, 3.05) is 25.1 Å². The minimum Gasteiger partial charge on any atom is -0.384 e. The second-order valence-corrected chi connectivity index (χ2v) is 9.83. The van der Waals surface area contributed by atoms with E-state index in [9.17, 15) is 9.59 Å². The maximum Gasteiger partial charge on any atom is 0.321 e. The number of urea groups is 1. The number of nitrogens with one attached hydrogen (secondary N) is 2. The molecular formula is C31H26ClN7O2. The zero-order chi connectivity index (χ0) is 29.1. The van der Waals surface area contributed by atoms with Crippen LogP contribution in [0.15, 0.2) is 102 Å². The average molecular weight is 564 g/mol. The van der Waals surface area contributed by atoms with Gasteiger partial charge in [0.15, 0.2) is 0 Å². The molecule has 5 rings (SSSR count). The monoisotopic (exact) mass is 563 g/mol. The van der Waals surface area contributed by atoms with E-state index < -0.39 is 11.6 Å². The molecule has 0 saturated heterocycles. The van der Waals surface area contributed by atoms with Crippen LogP contribution in [0, 0.1) is 5.41 Å². The maximum absolute atomic E-state index is 14.2. The molecule has 0 saturated carbocycles. The van der Waals surface area contributed by atoms with E-state index in [0.717, 1.165) is 11.1 Å². The summed E-state index contributed by atoms with van der Waals surface area (Å²) < 4.78 is 1.41. The Labute approximate surface area is 241 Å². The molecule has 2 heterocycles. The third-order valence-corrected chi connectivity index (χ3v) is 6.62. The van der Waals surface area contributed by atoms with Gasteiger partial charge in [0.05, 0.1) is 11.4 Å². The molecule has 2 aromatic heterocycles. The Balaban J connectivity index is 1.75. The smallest absolute Gasteiger partial charge is 0.321 e. The number of nitrogens with zero attached hydrogens (tertiary/aromatic N) is 4. The number of nitrogens with two attached hydrogens (primary N) is 1. The van der Waals surface area contributed by atoms with Crippen molar-refractivity contribution in [3.05, 3.63) is 124 Å². The van der Waals surface area contributed by atoms with Crippen molar-refractivity contribution < 1.29 is 4.79 Å². The van der Waals surface area contributed by atoms with E-state index in [1.54, 1.807) is 74.9 Å². The SMILES string of the molecule is CN(C)C(=O)Nc1c(C(=N)c2ccccc2)nc(-c2ccc(-c3ccc(N)nc3)cc2)n(-c2ccc(Cl)cc2)c1=O. The van der Waals surface area contributed by atoms with Gasteiger partial charge in [0.1, 0.15) is 23.0 Å². The summed E-state index contributed by atoms with van der Waals surface area (Å²) in [6.07, 6.45) is 1.69. The van der Waals surface area contributed by atoms with E-state index in [1.807, 2.05) is 36.4 Å². The van der Waals surface area contributed by atoms with Crippen molar-refractivity contribution in [2.45, 2.75) is 0 Å². The highest BCUT2D eigenvalue weighted by Gasteiger charge is 2.24. The van der Waals surface area contributed by atoms with Gasteiger partial charge < -0.3 is 16.0 Å². The van der Waals surface area contributed by atoms with E-state index in [-0.39, 0.29) is 22.9 Å². The first-order valence-electron chi connectivity index (χ1n) is 12.6. The molecule has 0 aliphatic rings. The molecule has 0 bridgehead atoms. The highest BCUT2D eigenvalue weighted by molar-refractivity contribution is 6.30. The molecule has 5 aromatic rings. The van der Waals surface area contributed by atoms with Gasteiger partial charge in [-0.05, 0) is 42.0 Å². The molecule has 0 fully saturated rings. The summed E-state index contributed by atoms with van der Waals surface area (Å²) in [4.78, 5) is 37.3. The first-order valence-corrected chi connectivity index (χ1v) is 13.0. The second kappa shape index (κ2) is 11.4. The number of anilines is 2. The lowest BCUT2D eigenvalue weighted by molar-refractivity contribution is 0.230. The average Bonchev–Trinajstić information content (AvgIpc) is 2.99. The Kier molecular flexibility index (Phi) is 7.62. The molecular weight excluding hydrogens is 538 g/mol. The van der Waals surface area contributed by atoms with E-state index in [0.29, 0.717) is 27.7 Å². The zero-order valence-electron chi connectivity index (χ0n) is 22.3. The lowest BCUT2D eigenvalue weighted by Crippen LogP contribution is -2.34. The summed E-state index contributed by atoms with van der Waals surface area (Å²) in [5.41, 5.74) is 8.54. The van der Waals surface area contributed by atoms with Crippen molar-refractivity contribution in [1.29, 1.82) is 5.41 Å². The van der Waals surface area contributed by atoms with Crippen molar-refractivity contribution in [3.8, 4) is 28.2 Å². The second-order valence-electron chi connectivity index (χ2n) is 9.39. The predicted octanol–water partition coefficient (Wildman–Crippen LogP) is 5.71. The van der Waals surface area contributed by atoms with E-state index >= 15 is 0 Å². The molecule has 0 spiro atoms. The molecule has 41 heavy (non-hydrogen) atoms. The summed E-state index contributed by atoms with van der Waals surface area (Å²) in [6, 6.07) is 26.2. The van der Waals surface area contributed by atoms with Crippen LogP contribution < -0.4 is 16.6 Å². The quantitative estimate of drug-likeness (QED) is 0.228. The van der Waals surface area contributed by atoms with Crippen LogP contribution in [-0.2, 0) is 0 Å². The lowest BCUT2D eigenvalue weighted by atomic mass is 10.0. The number of carbonyl (C=O) groups is 1. The molecule has 2 amide bonds. The topological polar surface area (TPSA) is 130 Å². The molecule has 0 radical (unpaired) electrons. The maximum atomic E-state index is 14.2. The number of halogens is 1. The van der Waals surface area contributed by atoms with Gasteiger partial charge in [-0.3, -0.25) is 14.8 Å². The van der Waals surface area contributed by atoms with Crippen molar-refractivity contribution in [2.24, 2.45) is 0 Å². The molecule has 0 unspecified atom stereocenters. The Morgan fingerprint density at radius 1 is 0.902 bits per heavy atom. The van der Waals surface area contributed by atoms with Crippen molar-refractivity contribution in [1.82, 2.24) is 19.4 Å². The number of amides is 2. The zero-order valence-corrected chi connectivity index (χ0v) is 23.1. The molecule has 204 valence electrons. The normalized spacial score (nSPS) is 10.7. The van der Waals surface area contributed by atoms with Crippen LogP contribution in [0.2, 0.25) is 5.02 Å². The van der Waals surface area contributed by atoms with Crippen LogP contribution in [0.5, 0.6) is 0 Å². The predicted molar refractivity (Wildman–Crippen MR) is 163 cm³/mol. The lowest BCUT2D eigenvalue weighted by Gasteiger charge is -2.20. The first-order chi connectivity index (χ1) is 19.7. The number of carbonyl (C=O) groups excluding carboxylic acids is 1. The van der Waals surface area contributed by atoms with Crippen LogP contribution in [0.3, 0.4) is 0 Å². The van der Waals surface area contributed by atoms with Crippen LogP contribution in [0.1, 0.15) is 11.3 Å². The van der Waals surface area contributed by atoms with Crippen LogP contribution in [0.4, 0.5) is 16.3 Å². The number of benzene rings is 3. The third kappa shape index (κ3) is 5.70.